The van der Waals surface area contributed by atoms with Gasteiger partial charge >= 0.3 is 0 Å². The number of nitrogens with one attached hydrogen (secondary N) is 1. The largest absolute Gasteiger partial charge is 0.390 e. The monoisotopic (exact) mass is 295 g/mol. The van der Waals surface area contributed by atoms with Gasteiger partial charge in [0, 0.05) is 25.7 Å². The number of amides is 1. The van der Waals surface area contributed by atoms with Gasteiger partial charge in [-0.1, -0.05) is 29.4 Å². The molecule has 1 unspecified atom stereocenters. The molecule has 1 aliphatic heterocycles. The van der Waals surface area contributed by atoms with E-state index in [-0.39, 0.29) is 12.0 Å². The molecule has 1 aromatic heterocycles. The van der Waals surface area contributed by atoms with E-state index < -0.39 is 0 Å². The highest BCUT2D eigenvalue weighted by atomic mass is 16.6. The van der Waals surface area contributed by atoms with Gasteiger partial charge in [-0.15, -0.1) is 0 Å². The molecule has 2 heterocycles. The zero-order valence-corrected chi connectivity index (χ0v) is 12.3. The summed E-state index contributed by atoms with van der Waals surface area (Å²) in [6, 6.07) is 12.2. The molecule has 0 spiro atoms. The predicted octanol–water partition coefficient (Wildman–Crippen LogP) is 2.38. The van der Waals surface area contributed by atoms with Crippen LogP contribution in [0.4, 0.5) is 0 Å². The molecule has 5 nitrogen and oxygen atoms in total. The van der Waals surface area contributed by atoms with Crippen molar-refractivity contribution < 1.29 is 9.63 Å². The smallest absolute Gasteiger partial charge is 0.217 e. The van der Waals surface area contributed by atoms with E-state index in [2.05, 4.69) is 27.6 Å². The molecule has 3 rings (SSSR count). The molecule has 0 aliphatic carbocycles. The fourth-order valence-electron chi connectivity index (χ4n) is 2.37. The van der Waals surface area contributed by atoms with Gasteiger partial charge < -0.3 is 10.2 Å². The number of rotatable bonds is 4. The second kappa shape index (κ2) is 6.39. The second-order valence-corrected chi connectivity index (χ2v) is 5.22. The number of carbonyl (C=O) groups is 1. The number of nitrogens with zero attached hydrogens (tertiary/aromatic N) is 2. The quantitative estimate of drug-likeness (QED) is 0.942. The van der Waals surface area contributed by atoms with Crippen LogP contribution in [0.5, 0.6) is 0 Å². The van der Waals surface area contributed by atoms with Crippen LogP contribution in [-0.4, -0.2) is 29.3 Å². The maximum Gasteiger partial charge on any atom is 0.217 e. The summed E-state index contributed by atoms with van der Waals surface area (Å²) in [6.07, 6.45) is 4.18. The first-order valence-corrected chi connectivity index (χ1v) is 7.20. The minimum atomic E-state index is -0.0845. The van der Waals surface area contributed by atoms with E-state index >= 15 is 0 Å². The highest BCUT2D eigenvalue weighted by Gasteiger charge is 2.22. The number of pyridine rings is 1. The fourth-order valence-corrected chi connectivity index (χ4v) is 2.37. The van der Waals surface area contributed by atoms with Crippen molar-refractivity contribution in [2.45, 2.75) is 19.4 Å². The zero-order chi connectivity index (χ0) is 15.4. The first kappa shape index (κ1) is 14.3. The molecule has 0 saturated heterocycles. The van der Waals surface area contributed by atoms with Crippen molar-refractivity contribution in [2.24, 2.45) is 5.16 Å². The molecule has 2 aromatic rings. The number of hydrogen-bond donors (Lipinski definition) is 1. The van der Waals surface area contributed by atoms with Crippen LogP contribution in [0.25, 0.3) is 11.1 Å². The summed E-state index contributed by atoms with van der Waals surface area (Å²) in [7, 11) is 0. The van der Waals surface area contributed by atoms with E-state index in [1.807, 2.05) is 24.3 Å². The Morgan fingerprint density at radius 2 is 1.77 bits per heavy atom. The molecular weight excluding hydrogens is 278 g/mol. The SMILES string of the molecule is CC(=O)NCC1CC(c2ccc(-c3ccncc3)cc2)=NO1. The average molecular weight is 295 g/mol. The molecule has 1 aliphatic rings. The summed E-state index contributed by atoms with van der Waals surface area (Å²) >= 11 is 0. The highest BCUT2D eigenvalue weighted by molar-refractivity contribution is 6.01. The van der Waals surface area contributed by atoms with Gasteiger partial charge in [-0.25, -0.2) is 0 Å². The van der Waals surface area contributed by atoms with Gasteiger partial charge in [0.25, 0.3) is 0 Å². The van der Waals surface area contributed by atoms with Gasteiger partial charge in [-0.3, -0.25) is 9.78 Å². The van der Waals surface area contributed by atoms with Gasteiger partial charge in [-0.05, 0) is 28.8 Å². The number of aromatic nitrogens is 1. The molecule has 1 aromatic carbocycles. The van der Waals surface area contributed by atoms with Gasteiger partial charge in [0.05, 0.1) is 12.3 Å². The molecule has 0 fully saturated rings. The molecule has 0 saturated carbocycles. The van der Waals surface area contributed by atoms with Crippen molar-refractivity contribution in [3.8, 4) is 11.1 Å². The summed E-state index contributed by atoms with van der Waals surface area (Å²) in [6.45, 7) is 1.98. The molecule has 112 valence electrons. The number of benzene rings is 1. The lowest BCUT2D eigenvalue weighted by atomic mass is 10.0. The van der Waals surface area contributed by atoms with Crippen molar-refractivity contribution in [1.82, 2.24) is 10.3 Å². The third-order valence-electron chi connectivity index (χ3n) is 3.54. The number of hydrogen-bond acceptors (Lipinski definition) is 4. The second-order valence-electron chi connectivity index (χ2n) is 5.22. The van der Waals surface area contributed by atoms with Crippen molar-refractivity contribution in [3.63, 3.8) is 0 Å². The molecule has 1 N–H and O–H groups in total. The Bertz CT molecular complexity index is 681. The summed E-state index contributed by atoms with van der Waals surface area (Å²) in [5, 5.41) is 6.87. The third kappa shape index (κ3) is 3.31. The van der Waals surface area contributed by atoms with Gasteiger partial charge in [0.1, 0.15) is 6.10 Å². The fraction of sp³-hybridized carbons (Fsp3) is 0.235. The summed E-state index contributed by atoms with van der Waals surface area (Å²) in [4.78, 5) is 20.3. The summed E-state index contributed by atoms with van der Waals surface area (Å²) in [5.41, 5.74) is 4.23. The van der Waals surface area contributed by atoms with Crippen molar-refractivity contribution >= 4 is 11.6 Å². The van der Waals surface area contributed by atoms with Crippen LogP contribution >= 0.6 is 0 Å². The van der Waals surface area contributed by atoms with E-state index in [1.54, 1.807) is 12.4 Å². The Morgan fingerprint density at radius 1 is 1.14 bits per heavy atom. The maximum absolute atomic E-state index is 10.9. The molecule has 0 radical (unpaired) electrons. The first-order chi connectivity index (χ1) is 10.7. The molecule has 1 atom stereocenters. The lowest BCUT2D eigenvalue weighted by Crippen LogP contribution is -2.30. The zero-order valence-electron chi connectivity index (χ0n) is 12.3. The Hall–Kier alpha value is -2.69. The van der Waals surface area contributed by atoms with Gasteiger partial charge in [0.15, 0.2) is 0 Å². The Morgan fingerprint density at radius 3 is 2.45 bits per heavy atom. The lowest BCUT2D eigenvalue weighted by Gasteiger charge is -2.08. The minimum absolute atomic E-state index is 0.0567. The van der Waals surface area contributed by atoms with E-state index in [1.165, 1.54) is 6.92 Å². The van der Waals surface area contributed by atoms with Crippen LogP contribution in [0.1, 0.15) is 18.9 Å². The number of oxime groups is 1. The van der Waals surface area contributed by atoms with E-state index in [4.69, 9.17) is 4.84 Å². The third-order valence-corrected chi connectivity index (χ3v) is 3.54. The van der Waals surface area contributed by atoms with Crippen LogP contribution in [0, 0.1) is 0 Å². The van der Waals surface area contributed by atoms with Gasteiger partial charge in [-0.2, -0.15) is 0 Å². The van der Waals surface area contributed by atoms with E-state index in [9.17, 15) is 4.79 Å². The first-order valence-electron chi connectivity index (χ1n) is 7.20. The van der Waals surface area contributed by atoms with Gasteiger partial charge in [0.2, 0.25) is 5.91 Å². The summed E-state index contributed by atoms with van der Waals surface area (Å²) in [5.74, 6) is -0.0567. The van der Waals surface area contributed by atoms with E-state index in [0.717, 1.165) is 22.4 Å². The topological polar surface area (TPSA) is 63.6 Å². The average Bonchev–Trinajstić information content (AvgIpc) is 3.03. The molecular formula is C17H17N3O2. The maximum atomic E-state index is 10.9. The highest BCUT2D eigenvalue weighted by Crippen LogP contribution is 2.21. The van der Waals surface area contributed by atoms with Crippen molar-refractivity contribution in [1.29, 1.82) is 0 Å². The van der Waals surface area contributed by atoms with E-state index in [0.29, 0.717) is 13.0 Å². The molecule has 5 heteroatoms. The van der Waals surface area contributed by atoms with Crippen LogP contribution in [-0.2, 0) is 9.63 Å². The lowest BCUT2D eigenvalue weighted by molar-refractivity contribution is -0.119. The standard InChI is InChI=1S/C17H17N3O2/c1-12(21)19-11-16-10-17(20-22-16)15-4-2-13(3-5-15)14-6-8-18-9-7-14/h2-9,16H,10-11H2,1H3,(H,19,21). The van der Waals surface area contributed by atoms with Crippen LogP contribution < -0.4 is 5.32 Å². The van der Waals surface area contributed by atoms with Crippen LogP contribution in [0.15, 0.2) is 53.9 Å². The Kier molecular flexibility index (Phi) is 4.14. The Balaban J connectivity index is 1.66. The number of carbonyl (C=O) groups excluding carboxylic acids is 1. The Labute approximate surface area is 129 Å². The van der Waals surface area contributed by atoms with Crippen molar-refractivity contribution in [2.75, 3.05) is 6.54 Å². The van der Waals surface area contributed by atoms with Crippen molar-refractivity contribution in [3.05, 3.63) is 54.4 Å². The molecule has 22 heavy (non-hydrogen) atoms. The minimum Gasteiger partial charge on any atom is -0.390 e. The van der Waals surface area contributed by atoms with Crippen LogP contribution in [0.3, 0.4) is 0 Å². The summed E-state index contributed by atoms with van der Waals surface area (Å²) < 4.78 is 0. The predicted molar refractivity (Wildman–Crippen MR) is 84.4 cm³/mol. The van der Waals surface area contributed by atoms with Crippen LogP contribution in [0.2, 0.25) is 0 Å². The molecule has 1 amide bonds. The molecule has 0 bridgehead atoms. The normalized spacial score (nSPS) is 16.8.